The van der Waals surface area contributed by atoms with Crippen molar-refractivity contribution in [3.8, 4) is 0 Å². The first-order chi connectivity index (χ1) is 11.5. The number of nitrogens with one attached hydrogen (secondary N) is 1. The predicted octanol–water partition coefficient (Wildman–Crippen LogP) is 3.05. The lowest BCUT2D eigenvalue weighted by molar-refractivity contribution is -0.0704. The normalized spacial score (nSPS) is 32.7. The maximum absolute atomic E-state index is 5.84. The number of rotatable bonds is 4. The first kappa shape index (κ1) is 17.7. The Morgan fingerprint density at radius 1 is 1.12 bits per heavy atom. The van der Waals surface area contributed by atoms with Gasteiger partial charge in [-0.05, 0) is 57.5 Å². The van der Waals surface area contributed by atoms with Crippen LogP contribution in [0.15, 0.2) is 24.3 Å². The van der Waals surface area contributed by atoms with E-state index in [2.05, 4.69) is 67.2 Å². The Bertz CT molecular complexity index is 525. The number of anilines is 1. The average molecular weight is 332 g/mol. The summed E-state index contributed by atoms with van der Waals surface area (Å²) in [5.41, 5.74) is 2.66. The molecule has 1 aromatic carbocycles. The summed E-state index contributed by atoms with van der Waals surface area (Å²) in [5, 5.41) is 3.78. The molecule has 0 amide bonds. The summed E-state index contributed by atoms with van der Waals surface area (Å²) in [4.78, 5) is 4.94. The third-order valence-electron chi connectivity index (χ3n) is 5.29. The molecule has 0 aromatic heterocycles. The van der Waals surface area contributed by atoms with Gasteiger partial charge in [0.05, 0.1) is 12.2 Å². The first-order valence-electron chi connectivity index (χ1n) is 9.41. The highest BCUT2D eigenvalue weighted by atomic mass is 16.5. The summed E-state index contributed by atoms with van der Waals surface area (Å²) in [6.45, 7) is 12.1. The molecule has 0 bridgehead atoms. The molecule has 0 unspecified atom stereocenters. The van der Waals surface area contributed by atoms with Crippen molar-refractivity contribution in [3.05, 3.63) is 29.8 Å². The minimum Gasteiger partial charge on any atom is -0.382 e. The van der Waals surface area contributed by atoms with Gasteiger partial charge in [-0.15, -0.1) is 0 Å². The number of morpholine rings is 1. The summed E-state index contributed by atoms with van der Waals surface area (Å²) in [7, 11) is 2.22. The van der Waals surface area contributed by atoms with E-state index in [9.17, 15) is 0 Å². The summed E-state index contributed by atoms with van der Waals surface area (Å²) < 4.78 is 5.84. The largest absolute Gasteiger partial charge is 0.382 e. The number of hydrogen-bond acceptors (Lipinski definition) is 4. The molecule has 0 spiro atoms. The molecule has 1 N–H and O–H groups in total. The highest BCUT2D eigenvalue weighted by Crippen LogP contribution is 2.22. The first-order valence-corrected chi connectivity index (χ1v) is 9.41. The van der Waals surface area contributed by atoms with E-state index < -0.39 is 0 Å². The zero-order valence-corrected chi connectivity index (χ0v) is 15.7. The van der Waals surface area contributed by atoms with Crippen LogP contribution in [0.4, 0.5) is 5.69 Å². The Balaban J connectivity index is 1.60. The Morgan fingerprint density at radius 2 is 1.88 bits per heavy atom. The summed E-state index contributed by atoms with van der Waals surface area (Å²) in [6.07, 6.45) is 1.88. The molecule has 0 radical (unpaired) electrons. The van der Waals surface area contributed by atoms with Crippen molar-refractivity contribution in [2.45, 2.75) is 52.0 Å². The van der Waals surface area contributed by atoms with Gasteiger partial charge in [0.2, 0.25) is 0 Å². The second-order valence-corrected chi connectivity index (χ2v) is 7.93. The SMILES string of the molecule is C[C@@H]1CN(Cc2cccc(N[C@@H]3CCN(C)C[C@@H]3C)c2)C[C@H](C)O1. The Labute approximate surface area is 147 Å². The number of hydrogen-bond donors (Lipinski definition) is 1. The second kappa shape index (κ2) is 7.85. The molecule has 2 fully saturated rings. The number of ether oxygens (including phenoxy) is 1. The second-order valence-electron chi connectivity index (χ2n) is 7.93. The van der Waals surface area contributed by atoms with E-state index in [1.165, 1.54) is 30.8 Å². The molecular weight excluding hydrogens is 298 g/mol. The van der Waals surface area contributed by atoms with Crippen LogP contribution in [0.1, 0.15) is 32.8 Å². The molecule has 4 heteroatoms. The smallest absolute Gasteiger partial charge is 0.0678 e. The van der Waals surface area contributed by atoms with E-state index in [0.29, 0.717) is 24.2 Å². The summed E-state index contributed by atoms with van der Waals surface area (Å²) >= 11 is 0. The molecule has 0 aliphatic carbocycles. The van der Waals surface area contributed by atoms with Crippen LogP contribution in [-0.4, -0.2) is 61.3 Å². The fraction of sp³-hybridized carbons (Fsp3) is 0.700. The molecule has 1 aromatic rings. The van der Waals surface area contributed by atoms with Crippen LogP contribution in [0.2, 0.25) is 0 Å². The quantitative estimate of drug-likeness (QED) is 0.918. The van der Waals surface area contributed by atoms with E-state index in [0.717, 1.165) is 19.6 Å². The lowest BCUT2D eigenvalue weighted by atomic mass is 9.94. The average Bonchev–Trinajstić information content (AvgIpc) is 2.49. The van der Waals surface area contributed by atoms with Crippen molar-refractivity contribution in [1.29, 1.82) is 0 Å². The van der Waals surface area contributed by atoms with Gasteiger partial charge in [-0.3, -0.25) is 4.90 Å². The maximum Gasteiger partial charge on any atom is 0.0678 e. The van der Waals surface area contributed by atoms with Gasteiger partial charge in [-0.1, -0.05) is 19.1 Å². The molecule has 2 heterocycles. The highest BCUT2D eigenvalue weighted by Gasteiger charge is 2.24. The Kier molecular flexibility index (Phi) is 5.80. The molecule has 4 nitrogen and oxygen atoms in total. The van der Waals surface area contributed by atoms with Gasteiger partial charge in [0.25, 0.3) is 0 Å². The van der Waals surface area contributed by atoms with Crippen LogP contribution < -0.4 is 5.32 Å². The Hall–Kier alpha value is -1.10. The number of piperidine rings is 1. The van der Waals surface area contributed by atoms with Crippen LogP contribution in [0.5, 0.6) is 0 Å². The van der Waals surface area contributed by atoms with Crippen molar-refractivity contribution >= 4 is 5.69 Å². The molecular formula is C20H33N3O. The van der Waals surface area contributed by atoms with Gasteiger partial charge in [-0.2, -0.15) is 0 Å². The minimum atomic E-state index is 0.329. The monoisotopic (exact) mass is 331 g/mol. The molecule has 2 aliphatic rings. The lowest BCUT2D eigenvalue weighted by Gasteiger charge is -2.36. The zero-order chi connectivity index (χ0) is 17.1. The van der Waals surface area contributed by atoms with E-state index >= 15 is 0 Å². The van der Waals surface area contributed by atoms with Gasteiger partial charge >= 0.3 is 0 Å². The van der Waals surface area contributed by atoms with Gasteiger partial charge in [0.1, 0.15) is 0 Å². The zero-order valence-electron chi connectivity index (χ0n) is 15.7. The molecule has 2 saturated heterocycles. The van der Waals surface area contributed by atoms with Gasteiger partial charge in [-0.25, -0.2) is 0 Å². The molecule has 24 heavy (non-hydrogen) atoms. The minimum absolute atomic E-state index is 0.329. The third kappa shape index (κ3) is 4.71. The number of likely N-dealkylation sites (tertiary alicyclic amines) is 1. The number of nitrogens with zero attached hydrogens (tertiary/aromatic N) is 2. The maximum atomic E-state index is 5.84. The molecule has 3 rings (SSSR count). The molecule has 134 valence electrons. The summed E-state index contributed by atoms with van der Waals surface area (Å²) in [5.74, 6) is 0.688. The third-order valence-corrected chi connectivity index (χ3v) is 5.29. The van der Waals surface area contributed by atoms with E-state index in [-0.39, 0.29) is 0 Å². The van der Waals surface area contributed by atoms with Crippen LogP contribution in [0, 0.1) is 5.92 Å². The van der Waals surface area contributed by atoms with Gasteiger partial charge < -0.3 is 15.0 Å². The summed E-state index contributed by atoms with van der Waals surface area (Å²) in [6, 6.07) is 9.55. The van der Waals surface area contributed by atoms with E-state index in [4.69, 9.17) is 4.74 Å². The highest BCUT2D eigenvalue weighted by molar-refractivity contribution is 5.46. The molecule has 2 aliphatic heterocycles. The number of benzene rings is 1. The Morgan fingerprint density at radius 3 is 2.58 bits per heavy atom. The van der Waals surface area contributed by atoms with Crippen LogP contribution in [0.3, 0.4) is 0 Å². The lowest BCUT2D eigenvalue weighted by Crippen LogP contribution is -2.44. The van der Waals surface area contributed by atoms with E-state index in [1.807, 2.05) is 0 Å². The molecule has 4 atom stereocenters. The van der Waals surface area contributed by atoms with E-state index in [1.54, 1.807) is 0 Å². The van der Waals surface area contributed by atoms with Crippen molar-refractivity contribution in [3.63, 3.8) is 0 Å². The van der Waals surface area contributed by atoms with Crippen molar-refractivity contribution in [2.75, 3.05) is 38.5 Å². The van der Waals surface area contributed by atoms with Crippen LogP contribution in [-0.2, 0) is 11.3 Å². The van der Waals surface area contributed by atoms with Crippen LogP contribution in [0.25, 0.3) is 0 Å². The van der Waals surface area contributed by atoms with Crippen molar-refractivity contribution < 1.29 is 4.74 Å². The van der Waals surface area contributed by atoms with Crippen LogP contribution >= 0.6 is 0 Å². The fourth-order valence-electron chi connectivity index (χ4n) is 4.21. The van der Waals surface area contributed by atoms with Gasteiger partial charge in [0.15, 0.2) is 0 Å². The fourth-order valence-corrected chi connectivity index (χ4v) is 4.21. The molecule has 0 saturated carbocycles. The van der Waals surface area contributed by atoms with Crippen molar-refractivity contribution in [1.82, 2.24) is 9.80 Å². The predicted molar refractivity (Wildman–Crippen MR) is 100 cm³/mol. The van der Waals surface area contributed by atoms with Gasteiger partial charge in [0, 0.05) is 37.9 Å². The standard InChI is InChI=1S/C20H33N3O/c1-15-11-22(4)9-8-20(15)21-19-7-5-6-18(10-19)14-23-12-16(2)24-17(3)13-23/h5-7,10,15-17,20-21H,8-9,11-14H2,1-4H3/t15-,16-,17+,20+/m0/s1. The van der Waals surface area contributed by atoms with Crippen molar-refractivity contribution in [2.24, 2.45) is 5.92 Å². The topological polar surface area (TPSA) is 27.7 Å².